The number of alkyl halides is 3. The molecule has 0 unspecified atom stereocenters. The van der Waals surface area contributed by atoms with Crippen LogP contribution in [0.25, 0.3) is 16.1 Å². The summed E-state index contributed by atoms with van der Waals surface area (Å²) >= 11 is 7.25. The molecule has 0 bridgehead atoms. The van der Waals surface area contributed by atoms with Crippen molar-refractivity contribution in [2.45, 2.75) is 11.1 Å². The number of sulfone groups is 1. The predicted octanol–water partition coefficient (Wildman–Crippen LogP) is 8.44. The van der Waals surface area contributed by atoms with Crippen molar-refractivity contribution in [2.24, 2.45) is 0 Å². The minimum Gasteiger partial charge on any atom is -0.455 e. The van der Waals surface area contributed by atoms with Gasteiger partial charge in [0.2, 0.25) is 0 Å². The Morgan fingerprint density at radius 2 is 1.74 bits per heavy atom. The van der Waals surface area contributed by atoms with Crippen LogP contribution >= 0.6 is 22.9 Å². The molecule has 12 heteroatoms. The van der Waals surface area contributed by atoms with Gasteiger partial charge in [0.05, 0.1) is 21.2 Å². The van der Waals surface area contributed by atoms with E-state index in [9.17, 15) is 26.0 Å². The fourth-order valence-electron chi connectivity index (χ4n) is 3.38. The predicted molar refractivity (Wildman–Crippen MR) is 146 cm³/mol. The van der Waals surface area contributed by atoms with Crippen molar-refractivity contribution in [1.82, 2.24) is 0 Å². The highest BCUT2D eigenvalue weighted by atomic mass is 35.5. The van der Waals surface area contributed by atoms with Gasteiger partial charge in [0.15, 0.2) is 15.6 Å². The van der Waals surface area contributed by atoms with E-state index in [1.165, 1.54) is 54.6 Å². The molecule has 0 aliphatic rings. The average Bonchev–Trinajstić information content (AvgIpc) is 3.36. The second-order valence-electron chi connectivity index (χ2n) is 8.25. The number of anilines is 1. The minimum absolute atomic E-state index is 0.0703. The standard InChI is InChI=1S/C27H19ClF4N2O3S2/c1-39(35,36)20-4-2-3-16(13-20)24-11-12-25(38-24)22(15-26(33)27(30,31)32)34-21-14-17(28)5-10-23(21)37-19-8-6-18(29)7-9-19/h2-15,33-34H,1H3/b22-15-,33-26?. The van der Waals surface area contributed by atoms with Gasteiger partial charge in [0, 0.05) is 16.2 Å². The third-order valence-electron chi connectivity index (χ3n) is 5.26. The third kappa shape index (κ3) is 7.25. The zero-order chi connectivity index (χ0) is 28.4. The van der Waals surface area contributed by atoms with Crippen LogP contribution in [-0.4, -0.2) is 26.6 Å². The second kappa shape index (κ2) is 11.2. The minimum atomic E-state index is -4.90. The summed E-state index contributed by atoms with van der Waals surface area (Å²) in [7, 11) is -3.47. The van der Waals surface area contributed by atoms with Crippen molar-refractivity contribution < 1.29 is 30.7 Å². The first-order chi connectivity index (χ1) is 18.3. The molecule has 0 aliphatic carbocycles. The molecule has 0 saturated carbocycles. The van der Waals surface area contributed by atoms with Gasteiger partial charge >= 0.3 is 6.18 Å². The molecule has 2 N–H and O–H groups in total. The molecule has 0 spiro atoms. The Morgan fingerprint density at radius 3 is 2.41 bits per heavy atom. The van der Waals surface area contributed by atoms with E-state index in [0.29, 0.717) is 21.4 Å². The molecule has 4 aromatic rings. The Kier molecular flexibility index (Phi) is 8.15. The molecule has 0 aliphatic heterocycles. The Balaban J connectivity index is 1.74. The molecule has 1 heterocycles. The molecule has 1 aromatic heterocycles. The molecule has 39 heavy (non-hydrogen) atoms. The molecule has 3 aromatic carbocycles. The number of rotatable bonds is 8. The van der Waals surface area contributed by atoms with Gasteiger partial charge in [-0.15, -0.1) is 11.3 Å². The topological polar surface area (TPSA) is 79.2 Å². The summed E-state index contributed by atoms with van der Waals surface area (Å²) < 4.78 is 83.0. The molecule has 0 radical (unpaired) electrons. The maximum atomic E-state index is 13.3. The zero-order valence-electron chi connectivity index (χ0n) is 20.0. The highest BCUT2D eigenvalue weighted by Gasteiger charge is 2.33. The van der Waals surface area contributed by atoms with E-state index >= 15 is 0 Å². The fourth-order valence-corrected chi connectivity index (χ4v) is 5.19. The lowest BCUT2D eigenvalue weighted by atomic mass is 10.2. The number of hydrogen-bond acceptors (Lipinski definition) is 6. The van der Waals surface area contributed by atoms with Gasteiger partial charge in [-0.05, 0) is 78.4 Å². The first-order valence-electron chi connectivity index (χ1n) is 11.1. The first-order valence-corrected chi connectivity index (χ1v) is 14.2. The van der Waals surface area contributed by atoms with Crippen molar-refractivity contribution in [3.8, 4) is 21.9 Å². The molecule has 0 saturated heterocycles. The number of allylic oxidation sites excluding steroid dienone is 1. The molecule has 202 valence electrons. The van der Waals surface area contributed by atoms with E-state index in [4.69, 9.17) is 21.7 Å². The summed E-state index contributed by atoms with van der Waals surface area (Å²) in [4.78, 5) is 1.02. The van der Waals surface area contributed by atoms with Crippen LogP contribution in [-0.2, 0) is 9.84 Å². The molecular formula is C27H19ClF4N2O3S2. The Morgan fingerprint density at radius 1 is 1.03 bits per heavy atom. The van der Waals surface area contributed by atoms with Gasteiger partial charge in [0.1, 0.15) is 17.3 Å². The van der Waals surface area contributed by atoms with E-state index < -0.39 is 27.5 Å². The van der Waals surface area contributed by atoms with Crippen LogP contribution in [0.2, 0.25) is 5.02 Å². The van der Waals surface area contributed by atoms with Crippen LogP contribution in [0.1, 0.15) is 4.88 Å². The lowest BCUT2D eigenvalue weighted by Gasteiger charge is -2.16. The van der Waals surface area contributed by atoms with Gasteiger partial charge < -0.3 is 10.1 Å². The summed E-state index contributed by atoms with van der Waals surface area (Å²) in [5.74, 6) is -0.00385. The van der Waals surface area contributed by atoms with Crippen molar-refractivity contribution >= 4 is 49.9 Å². The van der Waals surface area contributed by atoms with Crippen molar-refractivity contribution in [3.63, 3.8) is 0 Å². The number of thiophene rings is 1. The molecule has 5 nitrogen and oxygen atoms in total. The van der Waals surface area contributed by atoms with Crippen LogP contribution in [0.5, 0.6) is 11.5 Å². The molecule has 0 amide bonds. The zero-order valence-corrected chi connectivity index (χ0v) is 22.4. The Labute approximate surface area is 230 Å². The summed E-state index contributed by atoms with van der Waals surface area (Å²) in [5.41, 5.74) is -0.911. The third-order valence-corrected chi connectivity index (χ3v) is 7.78. The molecule has 4 rings (SSSR count). The number of ether oxygens (including phenoxy) is 1. The van der Waals surface area contributed by atoms with Gasteiger partial charge in [0.25, 0.3) is 0 Å². The van der Waals surface area contributed by atoms with Crippen molar-refractivity contribution in [3.05, 3.63) is 101 Å². The quantitative estimate of drug-likeness (QED) is 0.158. The van der Waals surface area contributed by atoms with Crippen LogP contribution in [0.4, 0.5) is 23.2 Å². The summed E-state index contributed by atoms with van der Waals surface area (Å²) in [6.07, 6.45) is -3.18. The van der Waals surface area contributed by atoms with Gasteiger partial charge in [-0.2, -0.15) is 13.2 Å². The summed E-state index contributed by atoms with van der Waals surface area (Å²) in [6, 6.07) is 19.0. The number of halogens is 5. The van der Waals surface area contributed by atoms with Gasteiger partial charge in [-0.1, -0.05) is 23.7 Å². The van der Waals surface area contributed by atoms with E-state index in [1.807, 2.05) is 0 Å². The first kappa shape index (κ1) is 28.3. The van der Waals surface area contributed by atoms with E-state index in [-0.39, 0.29) is 32.8 Å². The number of nitrogens with one attached hydrogen (secondary N) is 2. The van der Waals surface area contributed by atoms with Crippen molar-refractivity contribution in [1.29, 1.82) is 5.41 Å². The van der Waals surface area contributed by atoms with Crippen molar-refractivity contribution in [2.75, 3.05) is 11.6 Å². The lowest BCUT2D eigenvalue weighted by molar-refractivity contribution is -0.0583. The smallest absolute Gasteiger partial charge is 0.432 e. The van der Waals surface area contributed by atoms with Gasteiger partial charge in [-0.3, -0.25) is 5.41 Å². The maximum absolute atomic E-state index is 13.3. The highest BCUT2D eigenvalue weighted by Crippen LogP contribution is 2.38. The lowest BCUT2D eigenvalue weighted by Crippen LogP contribution is -2.20. The summed E-state index contributed by atoms with van der Waals surface area (Å²) in [5, 5.41) is 10.7. The molecule has 0 fully saturated rings. The average molecular weight is 595 g/mol. The second-order valence-corrected chi connectivity index (χ2v) is 11.8. The normalized spacial score (nSPS) is 12.3. The number of benzene rings is 3. The SMILES string of the molecule is CS(=O)(=O)c1cccc(-c2ccc(/C(=C/C(=N)C(F)(F)F)Nc3cc(Cl)ccc3Oc3ccc(F)cc3)s2)c1. The van der Waals surface area contributed by atoms with Crippen LogP contribution in [0.3, 0.4) is 0 Å². The monoisotopic (exact) mass is 594 g/mol. The van der Waals surface area contributed by atoms with E-state index in [1.54, 1.807) is 24.3 Å². The van der Waals surface area contributed by atoms with Crippen LogP contribution in [0.15, 0.2) is 89.8 Å². The van der Waals surface area contributed by atoms with Gasteiger partial charge in [-0.25, -0.2) is 12.8 Å². The highest BCUT2D eigenvalue weighted by molar-refractivity contribution is 7.90. The van der Waals surface area contributed by atoms with Crippen LogP contribution < -0.4 is 10.1 Å². The summed E-state index contributed by atoms with van der Waals surface area (Å²) in [6.45, 7) is 0. The van der Waals surface area contributed by atoms with E-state index in [2.05, 4.69) is 5.32 Å². The largest absolute Gasteiger partial charge is 0.455 e. The molecular weight excluding hydrogens is 576 g/mol. The maximum Gasteiger partial charge on any atom is 0.432 e. The Bertz CT molecular complexity index is 1670. The Hall–Kier alpha value is -3.67. The van der Waals surface area contributed by atoms with Crippen LogP contribution in [0, 0.1) is 11.2 Å². The molecule has 0 atom stereocenters. The number of hydrogen-bond donors (Lipinski definition) is 2. The van der Waals surface area contributed by atoms with E-state index in [0.717, 1.165) is 17.6 Å². The fraction of sp³-hybridized carbons (Fsp3) is 0.0741.